The van der Waals surface area contributed by atoms with Gasteiger partial charge in [0.15, 0.2) is 0 Å². The number of halogens is 1. The lowest BCUT2D eigenvalue weighted by Gasteiger charge is -2.24. The average molecular weight is 304 g/mol. The highest BCUT2D eigenvalue weighted by atomic mass is 35.5. The van der Waals surface area contributed by atoms with Crippen molar-refractivity contribution in [2.75, 3.05) is 16.8 Å². The molecule has 1 aromatic rings. The molecule has 1 aliphatic heterocycles. The molecular weight excluding hydrogens is 290 g/mol. The molecule has 104 valence electrons. The van der Waals surface area contributed by atoms with E-state index in [4.69, 9.17) is 16.7 Å². The maximum atomic E-state index is 11.3. The first-order chi connectivity index (χ1) is 8.87. The van der Waals surface area contributed by atoms with Crippen LogP contribution in [-0.4, -0.2) is 37.0 Å². The number of hydrogen-bond acceptors (Lipinski definition) is 4. The average Bonchev–Trinajstić information content (AvgIpc) is 2.34. The summed E-state index contributed by atoms with van der Waals surface area (Å²) in [6, 6.07) is 4.73. The third kappa shape index (κ3) is 3.61. The van der Waals surface area contributed by atoms with E-state index in [1.165, 1.54) is 12.1 Å². The summed E-state index contributed by atoms with van der Waals surface area (Å²) in [6.45, 7) is 0. The summed E-state index contributed by atoms with van der Waals surface area (Å²) in [5.74, 6) is -0.742. The Kier molecular flexibility index (Phi) is 4.01. The Morgan fingerprint density at radius 2 is 1.95 bits per heavy atom. The van der Waals surface area contributed by atoms with Crippen LogP contribution in [0.25, 0.3) is 0 Å². The van der Waals surface area contributed by atoms with Crippen LogP contribution >= 0.6 is 11.6 Å². The van der Waals surface area contributed by atoms with Gasteiger partial charge < -0.3 is 10.4 Å². The number of anilines is 1. The number of aromatic carboxylic acids is 1. The quantitative estimate of drug-likeness (QED) is 0.892. The molecule has 1 aliphatic rings. The lowest BCUT2D eigenvalue weighted by molar-refractivity contribution is 0.0697. The van der Waals surface area contributed by atoms with Crippen LogP contribution in [0.1, 0.15) is 23.2 Å². The van der Waals surface area contributed by atoms with E-state index < -0.39 is 15.8 Å². The molecule has 2 rings (SSSR count). The number of carboxylic acids is 1. The molecule has 0 atom stereocenters. The summed E-state index contributed by atoms with van der Waals surface area (Å²) in [4.78, 5) is 11.0. The fourth-order valence-electron chi connectivity index (χ4n) is 2.05. The van der Waals surface area contributed by atoms with Crippen LogP contribution in [0.15, 0.2) is 18.2 Å². The zero-order valence-corrected chi connectivity index (χ0v) is 11.7. The number of benzene rings is 1. The van der Waals surface area contributed by atoms with E-state index in [9.17, 15) is 13.2 Å². The maximum absolute atomic E-state index is 11.3. The van der Waals surface area contributed by atoms with Crippen LogP contribution in [0.5, 0.6) is 0 Å². The summed E-state index contributed by atoms with van der Waals surface area (Å²) in [5.41, 5.74) is 0.682. The van der Waals surface area contributed by atoms with Crippen LogP contribution in [0.2, 0.25) is 5.02 Å². The fraction of sp³-hybridized carbons (Fsp3) is 0.417. The molecular formula is C12H14ClNO4S. The summed E-state index contributed by atoms with van der Waals surface area (Å²) < 4.78 is 22.6. The molecule has 0 aromatic heterocycles. The first-order valence-corrected chi connectivity index (χ1v) is 8.07. The topological polar surface area (TPSA) is 83.5 Å². The normalized spacial score (nSPS) is 19.0. The zero-order chi connectivity index (χ0) is 14.0. The SMILES string of the molecule is O=C(O)c1cc(NC2CCS(=O)(=O)CC2)ccc1Cl. The number of nitrogens with one attached hydrogen (secondary N) is 1. The van der Waals surface area contributed by atoms with Gasteiger partial charge in [-0.1, -0.05) is 11.6 Å². The molecule has 1 saturated heterocycles. The van der Waals surface area contributed by atoms with E-state index >= 15 is 0 Å². The number of sulfone groups is 1. The Morgan fingerprint density at radius 1 is 1.32 bits per heavy atom. The molecule has 19 heavy (non-hydrogen) atoms. The Labute approximate surface area is 116 Å². The van der Waals surface area contributed by atoms with Crippen LogP contribution in [-0.2, 0) is 9.84 Å². The molecule has 1 aromatic carbocycles. The van der Waals surface area contributed by atoms with Crippen molar-refractivity contribution in [2.24, 2.45) is 0 Å². The van der Waals surface area contributed by atoms with Gasteiger partial charge in [-0.3, -0.25) is 0 Å². The molecule has 1 heterocycles. The Hall–Kier alpha value is -1.27. The van der Waals surface area contributed by atoms with Crippen molar-refractivity contribution in [3.8, 4) is 0 Å². The predicted octanol–water partition coefficient (Wildman–Crippen LogP) is 2.03. The maximum Gasteiger partial charge on any atom is 0.337 e. The standard InChI is InChI=1S/C12H14ClNO4S/c13-11-2-1-9(7-10(11)12(15)16)14-8-3-5-19(17,18)6-4-8/h1-2,7-8,14H,3-6H2,(H,15,16). The first kappa shape index (κ1) is 14.1. The molecule has 0 radical (unpaired) electrons. The van der Waals surface area contributed by atoms with E-state index in [1.54, 1.807) is 6.07 Å². The van der Waals surface area contributed by atoms with Gasteiger partial charge in [0.25, 0.3) is 0 Å². The molecule has 0 aliphatic carbocycles. The Balaban J connectivity index is 2.08. The second kappa shape index (κ2) is 5.38. The highest BCUT2D eigenvalue weighted by Gasteiger charge is 2.23. The Morgan fingerprint density at radius 3 is 2.53 bits per heavy atom. The minimum Gasteiger partial charge on any atom is -0.478 e. The first-order valence-electron chi connectivity index (χ1n) is 5.87. The van der Waals surface area contributed by atoms with Gasteiger partial charge in [0, 0.05) is 11.7 Å². The van der Waals surface area contributed by atoms with Crippen molar-refractivity contribution in [2.45, 2.75) is 18.9 Å². The van der Waals surface area contributed by atoms with Crippen molar-refractivity contribution in [1.29, 1.82) is 0 Å². The lowest BCUT2D eigenvalue weighted by atomic mass is 10.1. The minimum atomic E-state index is -2.89. The number of carboxylic acid groups (broad SMARTS) is 1. The van der Waals surface area contributed by atoms with Gasteiger partial charge in [-0.05, 0) is 31.0 Å². The van der Waals surface area contributed by atoms with Gasteiger partial charge in [-0.15, -0.1) is 0 Å². The number of carbonyl (C=O) groups is 1. The second-order valence-electron chi connectivity index (χ2n) is 4.57. The molecule has 2 N–H and O–H groups in total. The van der Waals surface area contributed by atoms with Crippen LogP contribution in [0.3, 0.4) is 0 Å². The largest absolute Gasteiger partial charge is 0.478 e. The third-order valence-corrected chi connectivity index (χ3v) is 5.17. The third-order valence-electron chi connectivity index (χ3n) is 3.12. The predicted molar refractivity (Wildman–Crippen MR) is 73.7 cm³/mol. The number of rotatable bonds is 3. The summed E-state index contributed by atoms with van der Waals surface area (Å²) in [6.07, 6.45) is 1.07. The zero-order valence-electron chi connectivity index (χ0n) is 10.1. The van der Waals surface area contributed by atoms with E-state index in [1.807, 2.05) is 0 Å². The van der Waals surface area contributed by atoms with Crippen LogP contribution in [0.4, 0.5) is 5.69 Å². The Bertz CT molecular complexity index is 586. The second-order valence-corrected chi connectivity index (χ2v) is 7.28. The summed E-state index contributed by atoms with van der Waals surface area (Å²) in [5, 5.41) is 12.3. The summed E-state index contributed by atoms with van der Waals surface area (Å²) in [7, 11) is -2.89. The van der Waals surface area contributed by atoms with E-state index in [-0.39, 0.29) is 28.1 Å². The fourth-order valence-corrected chi connectivity index (χ4v) is 3.74. The molecule has 5 nitrogen and oxygen atoms in total. The molecule has 0 spiro atoms. The van der Waals surface area contributed by atoms with Crippen molar-refractivity contribution in [3.05, 3.63) is 28.8 Å². The van der Waals surface area contributed by atoms with Crippen LogP contribution in [0, 0.1) is 0 Å². The molecule has 0 bridgehead atoms. The molecule has 0 saturated carbocycles. The van der Waals surface area contributed by atoms with Gasteiger partial charge in [0.05, 0.1) is 22.1 Å². The monoisotopic (exact) mass is 303 g/mol. The highest BCUT2D eigenvalue weighted by molar-refractivity contribution is 7.91. The van der Waals surface area contributed by atoms with E-state index in [0.29, 0.717) is 18.5 Å². The van der Waals surface area contributed by atoms with Gasteiger partial charge in [-0.25, -0.2) is 13.2 Å². The summed E-state index contributed by atoms with van der Waals surface area (Å²) >= 11 is 5.78. The van der Waals surface area contributed by atoms with Crippen molar-refractivity contribution in [3.63, 3.8) is 0 Å². The molecule has 1 fully saturated rings. The van der Waals surface area contributed by atoms with Crippen molar-refractivity contribution in [1.82, 2.24) is 0 Å². The molecule has 0 amide bonds. The van der Waals surface area contributed by atoms with Crippen LogP contribution < -0.4 is 5.32 Å². The van der Waals surface area contributed by atoms with Gasteiger partial charge >= 0.3 is 5.97 Å². The molecule has 0 unspecified atom stereocenters. The molecule has 7 heteroatoms. The number of hydrogen-bond donors (Lipinski definition) is 2. The lowest BCUT2D eigenvalue weighted by Crippen LogP contribution is -2.32. The highest BCUT2D eigenvalue weighted by Crippen LogP contribution is 2.23. The van der Waals surface area contributed by atoms with Gasteiger partial charge in [0.1, 0.15) is 9.84 Å². The van der Waals surface area contributed by atoms with Crippen molar-refractivity contribution >= 4 is 33.1 Å². The van der Waals surface area contributed by atoms with E-state index in [0.717, 1.165) is 0 Å². The smallest absolute Gasteiger partial charge is 0.337 e. The van der Waals surface area contributed by atoms with Gasteiger partial charge in [0.2, 0.25) is 0 Å². The van der Waals surface area contributed by atoms with Gasteiger partial charge in [-0.2, -0.15) is 0 Å². The van der Waals surface area contributed by atoms with E-state index in [2.05, 4.69) is 5.32 Å². The minimum absolute atomic E-state index is 0.0371. The van der Waals surface area contributed by atoms with Crippen molar-refractivity contribution < 1.29 is 18.3 Å².